The Labute approximate surface area is 127 Å². The van der Waals surface area contributed by atoms with E-state index >= 15 is 0 Å². The molecule has 3 heteroatoms. The van der Waals surface area contributed by atoms with Crippen molar-refractivity contribution in [3.63, 3.8) is 0 Å². The summed E-state index contributed by atoms with van der Waals surface area (Å²) in [6, 6.07) is 2.30. The van der Waals surface area contributed by atoms with Crippen LogP contribution in [-0.2, 0) is 6.54 Å². The number of thiophene rings is 1. The molecule has 0 atom stereocenters. The molecule has 2 nitrogen and oxygen atoms in total. The van der Waals surface area contributed by atoms with Crippen LogP contribution in [0.4, 0.5) is 0 Å². The lowest BCUT2D eigenvalue weighted by molar-refractivity contribution is -0.00203. The summed E-state index contributed by atoms with van der Waals surface area (Å²) in [5, 5.41) is 8.47. The smallest absolute Gasteiger partial charge is 0.0338 e. The van der Waals surface area contributed by atoms with E-state index in [0.717, 1.165) is 6.54 Å². The predicted molar refractivity (Wildman–Crippen MR) is 87.2 cm³/mol. The van der Waals surface area contributed by atoms with Crippen molar-refractivity contribution in [2.24, 2.45) is 0 Å². The number of rotatable bonds is 4. The molecule has 1 aromatic heterocycles. The van der Waals surface area contributed by atoms with Gasteiger partial charge in [0, 0.05) is 30.7 Å². The molecule has 20 heavy (non-hydrogen) atoms. The van der Waals surface area contributed by atoms with E-state index in [1.807, 2.05) is 11.3 Å². The number of hydrogen-bond donors (Lipinski definition) is 1. The second kappa shape index (κ2) is 5.78. The summed E-state index contributed by atoms with van der Waals surface area (Å²) in [5.74, 6) is 0. The van der Waals surface area contributed by atoms with E-state index in [4.69, 9.17) is 0 Å². The Kier molecular flexibility index (Phi) is 4.21. The van der Waals surface area contributed by atoms with Crippen molar-refractivity contribution >= 4 is 11.3 Å². The first-order chi connectivity index (χ1) is 9.72. The van der Waals surface area contributed by atoms with Crippen LogP contribution < -0.4 is 5.32 Å². The molecule has 1 aliphatic carbocycles. The molecular weight excluding hydrogens is 264 g/mol. The summed E-state index contributed by atoms with van der Waals surface area (Å²) in [4.78, 5) is 2.82. The lowest BCUT2D eigenvalue weighted by atomic mass is 9.82. The summed E-state index contributed by atoms with van der Waals surface area (Å²) in [6.45, 7) is 8.24. The highest BCUT2D eigenvalue weighted by molar-refractivity contribution is 7.07. The molecule has 0 aromatic carbocycles. The monoisotopic (exact) mass is 292 g/mol. The van der Waals surface area contributed by atoms with Gasteiger partial charge >= 0.3 is 0 Å². The molecule has 0 unspecified atom stereocenters. The average Bonchev–Trinajstić information content (AvgIpc) is 3.14. The first kappa shape index (κ1) is 14.6. The first-order valence-corrected chi connectivity index (χ1v) is 9.17. The second-order valence-corrected chi connectivity index (χ2v) is 7.54. The van der Waals surface area contributed by atoms with Gasteiger partial charge in [-0.3, -0.25) is 4.90 Å². The maximum absolute atomic E-state index is 3.94. The van der Waals surface area contributed by atoms with Crippen LogP contribution in [-0.4, -0.2) is 29.1 Å². The van der Waals surface area contributed by atoms with E-state index < -0.39 is 0 Å². The van der Waals surface area contributed by atoms with Crippen molar-refractivity contribution in [3.8, 4) is 0 Å². The molecule has 112 valence electrons. The second-order valence-electron chi connectivity index (χ2n) is 6.76. The zero-order chi connectivity index (χ0) is 14.1. The van der Waals surface area contributed by atoms with Gasteiger partial charge in [0.2, 0.25) is 0 Å². The lowest BCUT2D eigenvalue weighted by Gasteiger charge is -2.53. The SMILES string of the molecule is CCC1(CC)CN(Cc2ccsc2)C2(CCCC2)CN1. The summed E-state index contributed by atoms with van der Waals surface area (Å²) in [7, 11) is 0. The van der Waals surface area contributed by atoms with Gasteiger partial charge in [-0.15, -0.1) is 0 Å². The fourth-order valence-corrected chi connectivity index (χ4v) is 4.79. The highest BCUT2D eigenvalue weighted by atomic mass is 32.1. The number of nitrogens with zero attached hydrogens (tertiary/aromatic N) is 1. The third-order valence-corrected chi connectivity index (χ3v) is 6.53. The summed E-state index contributed by atoms with van der Waals surface area (Å²) < 4.78 is 0. The van der Waals surface area contributed by atoms with Gasteiger partial charge in [-0.2, -0.15) is 11.3 Å². The van der Waals surface area contributed by atoms with Gasteiger partial charge in [-0.25, -0.2) is 0 Å². The maximum Gasteiger partial charge on any atom is 0.0338 e. The highest BCUT2D eigenvalue weighted by Gasteiger charge is 2.47. The van der Waals surface area contributed by atoms with E-state index in [1.54, 1.807) is 0 Å². The standard InChI is InChI=1S/C17H28N2S/c1-3-16(4-2)14-19(11-15-7-10-20-12-15)17(13-18-16)8-5-6-9-17/h7,10,12,18H,3-6,8-9,11,13-14H2,1-2H3. The molecule has 3 rings (SSSR count). The number of nitrogens with one attached hydrogen (secondary N) is 1. The zero-order valence-corrected chi connectivity index (χ0v) is 13.8. The van der Waals surface area contributed by atoms with E-state index in [9.17, 15) is 0 Å². The normalized spacial score (nSPS) is 25.3. The fraction of sp³-hybridized carbons (Fsp3) is 0.765. The molecular formula is C17H28N2S. The molecule has 1 saturated heterocycles. The molecule has 1 spiro atoms. The van der Waals surface area contributed by atoms with Crippen LogP contribution in [0.1, 0.15) is 57.9 Å². The molecule has 1 aliphatic heterocycles. The molecule has 0 radical (unpaired) electrons. The van der Waals surface area contributed by atoms with Crippen LogP contribution in [0.5, 0.6) is 0 Å². The van der Waals surface area contributed by atoms with Gasteiger partial charge in [0.1, 0.15) is 0 Å². The minimum Gasteiger partial charge on any atom is -0.308 e. The minimum absolute atomic E-state index is 0.337. The maximum atomic E-state index is 3.94. The van der Waals surface area contributed by atoms with Gasteiger partial charge in [0.05, 0.1) is 0 Å². The van der Waals surface area contributed by atoms with Crippen LogP contribution >= 0.6 is 11.3 Å². The van der Waals surface area contributed by atoms with Crippen molar-refractivity contribution in [2.45, 2.75) is 70.0 Å². The number of piperazine rings is 1. The summed E-state index contributed by atoms with van der Waals surface area (Å²) in [5.41, 5.74) is 2.28. The number of hydrogen-bond acceptors (Lipinski definition) is 3. The molecule has 2 heterocycles. The molecule has 2 fully saturated rings. The van der Waals surface area contributed by atoms with E-state index in [-0.39, 0.29) is 0 Å². The lowest BCUT2D eigenvalue weighted by Crippen LogP contribution is -2.68. The molecule has 1 saturated carbocycles. The van der Waals surface area contributed by atoms with E-state index in [2.05, 4.69) is 40.9 Å². The Bertz CT molecular complexity index is 416. The molecule has 1 aromatic rings. The Morgan fingerprint density at radius 1 is 1.25 bits per heavy atom. The third-order valence-electron chi connectivity index (χ3n) is 5.80. The Balaban J connectivity index is 1.82. The van der Waals surface area contributed by atoms with Crippen molar-refractivity contribution in [1.29, 1.82) is 0 Å². The summed E-state index contributed by atoms with van der Waals surface area (Å²) >= 11 is 1.83. The van der Waals surface area contributed by atoms with Crippen molar-refractivity contribution in [1.82, 2.24) is 10.2 Å². The van der Waals surface area contributed by atoms with Gasteiger partial charge in [-0.1, -0.05) is 26.7 Å². The minimum atomic E-state index is 0.337. The Hall–Kier alpha value is -0.380. The molecule has 2 aliphatic rings. The van der Waals surface area contributed by atoms with Crippen LogP contribution in [0.15, 0.2) is 16.8 Å². The molecule has 1 N–H and O–H groups in total. The van der Waals surface area contributed by atoms with Gasteiger partial charge in [0.15, 0.2) is 0 Å². The topological polar surface area (TPSA) is 15.3 Å². The molecule has 0 bridgehead atoms. The predicted octanol–water partition coefficient (Wildman–Crippen LogP) is 4.02. The van der Waals surface area contributed by atoms with Crippen LogP contribution in [0, 0.1) is 0 Å². The van der Waals surface area contributed by atoms with Crippen LogP contribution in [0.25, 0.3) is 0 Å². The van der Waals surface area contributed by atoms with Gasteiger partial charge in [-0.05, 0) is 48.1 Å². The van der Waals surface area contributed by atoms with Crippen LogP contribution in [0.3, 0.4) is 0 Å². The van der Waals surface area contributed by atoms with E-state index in [0.29, 0.717) is 11.1 Å². The quantitative estimate of drug-likeness (QED) is 0.901. The van der Waals surface area contributed by atoms with Crippen molar-refractivity contribution in [3.05, 3.63) is 22.4 Å². The zero-order valence-electron chi connectivity index (χ0n) is 13.0. The Morgan fingerprint density at radius 3 is 2.60 bits per heavy atom. The first-order valence-electron chi connectivity index (χ1n) is 8.23. The van der Waals surface area contributed by atoms with Crippen LogP contribution in [0.2, 0.25) is 0 Å². The third kappa shape index (κ3) is 2.56. The average molecular weight is 292 g/mol. The van der Waals surface area contributed by atoms with Crippen molar-refractivity contribution < 1.29 is 0 Å². The van der Waals surface area contributed by atoms with E-state index in [1.165, 1.54) is 57.2 Å². The Morgan fingerprint density at radius 2 is 2.00 bits per heavy atom. The molecule has 0 amide bonds. The van der Waals surface area contributed by atoms with Gasteiger partial charge < -0.3 is 5.32 Å². The fourth-order valence-electron chi connectivity index (χ4n) is 4.13. The van der Waals surface area contributed by atoms with Crippen molar-refractivity contribution in [2.75, 3.05) is 13.1 Å². The highest BCUT2D eigenvalue weighted by Crippen LogP contribution is 2.40. The largest absolute Gasteiger partial charge is 0.308 e. The summed E-state index contributed by atoms with van der Waals surface area (Å²) in [6.07, 6.45) is 8.06. The van der Waals surface area contributed by atoms with Gasteiger partial charge in [0.25, 0.3) is 0 Å².